The highest BCUT2D eigenvalue weighted by atomic mass is 35.5. The van der Waals surface area contributed by atoms with Crippen molar-refractivity contribution in [2.75, 3.05) is 26.8 Å². The highest BCUT2D eigenvalue weighted by Crippen LogP contribution is 2.32. The maximum atomic E-state index is 13.6. The van der Waals surface area contributed by atoms with Crippen LogP contribution < -0.4 is 0 Å². The van der Waals surface area contributed by atoms with Crippen molar-refractivity contribution in [3.05, 3.63) is 40.3 Å². The van der Waals surface area contributed by atoms with E-state index in [2.05, 4.69) is 10.1 Å². The van der Waals surface area contributed by atoms with Gasteiger partial charge in [0, 0.05) is 26.6 Å². The van der Waals surface area contributed by atoms with Gasteiger partial charge in [-0.2, -0.15) is 9.29 Å². The minimum atomic E-state index is -3.86. The normalized spacial score (nSPS) is 18.7. The first-order valence-corrected chi connectivity index (χ1v) is 10.4. The van der Waals surface area contributed by atoms with E-state index in [0.717, 1.165) is 12.5 Å². The molecule has 0 N–H and O–H groups in total. The van der Waals surface area contributed by atoms with Gasteiger partial charge in [0.15, 0.2) is 5.82 Å². The second kappa shape index (κ2) is 8.22. The molecule has 27 heavy (non-hydrogen) atoms. The van der Waals surface area contributed by atoms with E-state index in [-0.39, 0.29) is 27.9 Å². The lowest BCUT2D eigenvalue weighted by Gasteiger charge is -2.30. The maximum absolute atomic E-state index is 13.6. The van der Waals surface area contributed by atoms with Gasteiger partial charge in [-0.1, -0.05) is 16.8 Å². The first-order chi connectivity index (χ1) is 12.8. The molecule has 1 saturated heterocycles. The molecular formula is C17H21ClFN3O4S. The molecule has 10 heteroatoms. The third-order valence-electron chi connectivity index (χ3n) is 4.58. The fourth-order valence-corrected chi connectivity index (χ4v) is 5.16. The molecule has 1 aromatic heterocycles. The van der Waals surface area contributed by atoms with Crippen LogP contribution in [0.5, 0.6) is 0 Å². The van der Waals surface area contributed by atoms with Gasteiger partial charge in [-0.3, -0.25) is 0 Å². The molecule has 3 rings (SSSR count). The first kappa shape index (κ1) is 20.2. The number of piperidine rings is 1. The van der Waals surface area contributed by atoms with E-state index >= 15 is 0 Å². The van der Waals surface area contributed by atoms with Crippen LogP contribution in [-0.4, -0.2) is 49.7 Å². The van der Waals surface area contributed by atoms with Crippen molar-refractivity contribution in [3.63, 3.8) is 0 Å². The first-order valence-electron chi connectivity index (χ1n) is 8.60. The molecule has 148 valence electrons. The van der Waals surface area contributed by atoms with Crippen molar-refractivity contribution >= 4 is 21.6 Å². The van der Waals surface area contributed by atoms with E-state index in [1.165, 1.54) is 17.3 Å². The molecular weight excluding hydrogens is 397 g/mol. The number of methoxy groups -OCH3 is 1. The lowest BCUT2D eigenvalue weighted by molar-refractivity contribution is 0.199. The predicted octanol–water partition coefficient (Wildman–Crippen LogP) is 2.93. The fourth-order valence-electron chi connectivity index (χ4n) is 3.06. The van der Waals surface area contributed by atoms with Gasteiger partial charge in [0.1, 0.15) is 10.7 Å². The largest absolute Gasteiger partial charge is 0.384 e. The lowest BCUT2D eigenvalue weighted by Crippen LogP contribution is -2.39. The van der Waals surface area contributed by atoms with E-state index < -0.39 is 15.8 Å². The second-order valence-corrected chi connectivity index (χ2v) is 8.84. The summed E-state index contributed by atoms with van der Waals surface area (Å²) in [7, 11) is -2.26. The Morgan fingerprint density at radius 1 is 1.44 bits per heavy atom. The molecule has 0 saturated carbocycles. The minimum Gasteiger partial charge on any atom is -0.384 e. The van der Waals surface area contributed by atoms with E-state index in [0.29, 0.717) is 37.7 Å². The average Bonchev–Trinajstić information content (AvgIpc) is 3.12. The van der Waals surface area contributed by atoms with E-state index in [9.17, 15) is 12.8 Å². The molecule has 0 aliphatic carbocycles. The number of benzene rings is 1. The number of sulfonamides is 1. The SMILES string of the molecule is COCCc1noc(C2CCCN(S(=O)(=O)c3cc(C)c(F)cc3Cl)C2)n1. The van der Waals surface area contributed by atoms with Crippen LogP contribution in [0.25, 0.3) is 0 Å². The van der Waals surface area contributed by atoms with Crippen molar-refractivity contribution in [2.24, 2.45) is 0 Å². The number of hydrogen-bond donors (Lipinski definition) is 0. The summed E-state index contributed by atoms with van der Waals surface area (Å²) in [6, 6.07) is 2.30. The van der Waals surface area contributed by atoms with Gasteiger partial charge in [-0.15, -0.1) is 0 Å². The summed E-state index contributed by atoms with van der Waals surface area (Å²) in [6.45, 7) is 2.55. The van der Waals surface area contributed by atoms with Crippen molar-refractivity contribution in [1.29, 1.82) is 0 Å². The Balaban J connectivity index is 1.81. The zero-order valence-corrected chi connectivity index (χ0v) is 16.7. The Morgan fingerprint density at radius 2 is 2.22 bits per heavy atom. The average molecular weight is 418 g/mol. The number of rotatable bonds is 6. The summed E-state index contributed by atoms with van der Waals surface area (Å²) in [5, 5.41) is 3.79. The molecule has 1 aliphatic rings. The Morgan fingerprint density at radius 3 is 2.96 bits per heavy atom. The van der Waals surface area contributed by atoms with Gasteiger partial charge in [-0.25, -0.2) is 12.8 Å². The van der Waals surface area contributed by atoms with Crippen molar-refractivity contribution in [3.8, 4) is 0 Å². The van der Waals surface area contributed by atoms with Crippen molar-refractivity contribution in [2.45, 2.75) is 37.0 Å². The zero-order chi connectivity index (χ0) is 19.6. The van der Waals surface area contributed by atoms with E-state index in [1.807, 2.05) is 0 Å². The van der Waals surface area contributed by atoms with Crippen LogP contribution >= 0.6 is 11.6 Å². The van der Waals surface area contributed by atoms with Gasteiger partial charge in [-0.05, 0) is 37.5 Å². The Labute approximate surface area is 162 Å². The molecule has 7 nitrogen and oxygen atoms in total. The highest BCUT2D eigenvalue weighted by Gasteiger charge is 2.34. The summed E-state index contributed by atoms with van der Waals surface area (Å²) in [4.78, 5) is 4.26. The summed E-state index contributed by atoms with van der Waals surface area (Å²) < 4.78 is 51.3. The van der Waals surface area contributed by atoms with Crippen LogP contribution in [0.1, 0.15) is 36.0 Å². The topological polar surface area (TPSA) is 85.5 Å². The maximum Gasteiger partial charge on any atom is 0.244 e. The fraction of sp³-hybridized carbons (Fsp3) is 0.529. The predicted molar refractivity (Wildman–Crippen MR) is 96.8 cm³/mol. The van der Waals surface area contributed by atoms with Gasteiger partial charge >= 0.3 is 0 Å². The Bertz CT molecular complexity index is 919. The number of aryl methyl sites for hydroxylation is 1. The lowest BCUT2D eigenvalue weighted by atomic mass is 10.00. The van der Waals surface area contributed by atoms with Crippen LogP contribution in [0.2, 0.25) is 5.02 Å². The molecule has 0 spiro atoms. The molecule has 0 radical (unpaired) electrons. The molecule has 1 aliphatic heterocycles. The quantitative estimate of drug-likeness (QED) is 0.718. The molecule has 1 atom stereocenters. The molecule has 1 fully saturated rings. The minimum absolute atomic E-state index is 0.0879. The Hall–Kier alpha value is -1.55. The highest BCUT2D eigenvalue weighted by molar-refractivity contribution is 7.89. The number of halogens is 2. The van der Waals surface area contributed by atoms with Crippen LogP contribution in [0, 0.1) is 12.7 Å². The van der Waals surface area contributed by atoms with E-state index in [1.54, 1.807) is 7.11 Å². The standard InChI is InChI=1S/C17H21ClFN3O4S/c1-11-8-15(13(18)9-14(11)19)27(23,24)22-6-3-4-12(10-22)17-20-16(21-26-17)5-7-25-2/h8-9,12H,3-7,10H2,1-2H3. The molecule has 2 heterocycles. The van der Waals surface area contributed by atoms with Crippen LogP contribution in [-0.2, 0) is 21.2 Å². The number of nitrogens with zero attached hydrogens (tertiary/aromatic N) is 3. The van der Waals surface area contributed by atoms with E-state index in [4.69, 9.17) is 20.9 Å². The summed E-state index contributed by atoms with van der Waals surface area (Å²) >= 11 is 6.01. The summed E-state index contributed by atoms with van der Waals surface area (Å²) in [5.74, 6) is 0.217. The van der Waals surface area contributed by atoms with Gasteiger partial charge in [0.05, 0.1) is 17.5 Å². The summed E-state index contributed by atoms with van der Waals surface area (Å²) in [6.07, 6.45) is 1.92. The third-order valence-corrected chi connectivity index (χ3v) is 6.91. The van der Waals surface area contributed by atoms with Gasteiger partial charge in [0.2, 0.25) is 15.9 Å². The van der Waals surface area contributed by atoms with Crippen LogP contribution in [0.3, 0.4) is 0 Å². The summed E-state index contributed by atoms with van der Waals surface area (Å²) in [5.41, 5.74) is 0.228. The van der Waals surface area contributed by atoms with Crippen LogP contribution in [0.15, 0.2) is 21.6 Å². The smallest absolute Gasteiger partial charge is 0.244 e. The number of ether oxygens (including phenoxy) is 1. The van der Waals surface area contributed by atoms with Gasteiger partial charge in [0.25, 0.3) is 0 Å². The molecule has 1 unspecified atom stereocenters. The number of aromatic nitrogens is 2. The molecule has 0 amide bonds. The Kier molecular flexibility index (Phi) is 6.15. The zero-order valence-electron chi connectivity index (χ0n) is 15.1. The van der Waals surface area contributed by atoms with Crippen LogP contribution in [0.4, 0.5) is 4.39 Å². The van der Waals surface area contributed by atoms with Gasteiger partial charge < -0.3 is 9.26 Å². The third kappa shape index (κ3) is 4.31. The molecule has 0 bridgehead atoms. The monoisotopic (exact) mass is 417 g/mol. The van der Waals surface area contributed by atoms with Crippen molar-refractivity contribution in [1.82, 2.24) is 14.4 Å². The second-order valence-electron chi connectivity index (χ2n) is 6.53. The molecule has 1 aromatic carbocycles. The van der Waals surface area contributed by atoms with Crippen molar-refractivity contribution < 1.29 is 22.1 Å². The number of hydrogen-bond acceptors (Lipinski definition) is 6. The molecule has 2 aromatic rings.